The van der Waals surface area contributed by atoms with E-state index in [0.717, 1.165) is 3.57 Å². The second-order valence-electron chi connectivity index (χ2n) is 3.42. The quantitative estimate of drug-likeness (QED) is 0.849. The Morgan fingerprint density at radius 2 is 2.33 bits per heavy atom. The SMILES string of the molecule is CCn1nnc(C(=O)O)c1Oc1cccc(I)c1. The maximum atomic E-state index is 11.0. The van der Waals surface area contributed by atoms with Gasteiger partial charge in [-0.15, -0.1) is 5.10 Å². The van der Waals surface area contributed by atoms with E-state index in [0.29, 0.717) is 12.3 Å². The van der Waals surface area contributed by atoms with Crippen LogP contribution in [0.25, 0.3) is 0 Å². The first kappa shape index (κ1) is 12.8. The maximum absolute atomic E-state index is 11.0. The van der Waals surface area contributed by atoms with Crippen molar-refractivity contribution in [2.24, 2.45) is 0 Å². The number of aromatic nitrogens is 3. The number of halogens is 1. The lowest BCUT2D eigenvalue weighted by Crippen LogP contribution is -2.03. The number of carboxylic acid groups (broad SMARTS) is 1. The maximum Gasteiger partial charge on any atom is 0.362 e. The molecule has 18 heavy (non-hydrogen) atoms. The number of nitrogens with zero attached hydrogens (tertiary/aromatic N) is 3. The number of carboxylic acids is 1. The van der Waals surface area contributed by atoms with Crippen molar-refractivity contribution >= 4 is 28.6 Å². The highest BCUT2D eigenvalue weighted by atomic mass is 127. The van der Waals surface area contributed by atoms with E-state index in [1.54, 1.807) is 12.1 Å². The van der Waals surface area contributed by atoms with Gasteiger partial charge in [0.15, 0.2) is 0 Å². The molecule has 2 aromatic rings. The molecule has 0 spiro atoms. The number of aryl methyl sites for hydroxylation is 1. The van der Waals surface area contributed by atoms with E-state index in [1.807, 2.05) is 19.1 Å². The zero-order chi connectivity index (χ0) is 13.1. The summed E-state index contributed by atoms with van der Waals surface area (Å²) < 4.78 is 7.97. The van der Waals surface area contributed by atoms with Gasteiger partial charge in [0.1, 0.15) is 5.75 Å². The van der Waals surface area contributed by atoms with Crippen molar-refractivity contribution in [1.82, 2.24) is 15.0 Å². The van der Waals surface area contributed by atoms with E-state index in [-0.39, 0.29) is 11.6 Å². The molecular formula is C11H10IN3O3. The van der Waals surface area contributed by atoms with Crippen LogP contribution < -0.4 is 4.74 Å². The Labute approximate surface area is 117 Å². The summed E-state index contributed by atoms with van der Waals surface area (Å²) in [4.78, 5) is 11.0. The molecule has 0 saturated heterocycles. The van der Waals surface area contributed by atoms with Crippen molar-refractivity contribution in [3.05, 3.63) is 33.5 Å². The molecule has 0 unspecified atom stereocenters. The zero-order valence-electron chi connectivity index (χ0n) is 9.50. The van der Waals surface area contributed by atoms with Gasteiger partial charge in [0, 0.05) is 10.1 Å². The minimum atomic E-state index is -1.16. The summed E-state index contributed by atoms with van der Waals surface area (Å²) >= 11 is 2.15. The second kappa shape index (κ2) is 5.34. The van der Waals surface area contributed by atoms with Crippen molar-refractivity contribution in [2.75, 3.05) is 0 Å². The van der Waals surface area contributed by atoms with Gasteiger partial charge >= 0.3 is 5.97 Å². The molecular weight excluding hydrogens is 349 g/mol. The minimum absolute atomic E-state index is 0.145. The first-order valence-corrected chi connectivity index (χ1v) is 6.30. The monoisotopic (exact) mass is 359 g/mol. The molecule has 0 radical (unpaired) electrons. The van der Waals surface area contributed by atoms with Crippen molar-refractivity contribution in [1.29, 1.82) is 0 Å². The van der Waals surface area contributed by atoms with Gasteiger partial charge in [-0.25, -0.2) is 9.48 Å². The smallest absolute Gasteiger partial charge is 0.362 e. The molecule has 94 valence electrons. The molecule has 0 aliphatic rings. The largest absolute Gasteiger partial charge is 0.476 e. The van der Waals surface area contributed by atoms with Crippen LogP contribution >= 0.6 is 22.6 Å². The molecule has 1 N–H and O–H groups in total. The topological polar surface area (TPSA) is 77.2 Å². The molecule has 2 rings (SSSR count). The van der Waals surface area contributed by atoms with E-state index in [9.17, 15) is 4.79 Å². The van der Waals surface area contributed by atoms with E-state index in [2.05, 4.69) is 32.9 Å². The van der Waals surface area contributed by atoms with Crippen molar-refractivity contribution in [3.63, 3.8) is 0 Å². The molecule has 1 aromatic carbocycles. The lowest BCUT2D eigenvalue weighted by Gasteiger charge is -2.07. The number of rotatable bonds is 4. The third-order valence-corrected chi connectivity index (χ3v) is 2.87. The van der Waals surface area contributed by atoms with Crippen LogP contribution in [0.4, 0.5) is 0 Å². The first-order valence-electron chi connectivity index (χ1n) is 5.22. The molecule has 0 aliphatic heterocycles. The average molecular weight is 359 g/mol. The molecule has 0 amide bonds. The predicted molar refractivity (Wildman–Crippen MR) is 71.9 cm³/mol. The number of carbonyl (C=O) groups is 1. The summed E-state index contributed by atoms with van der Waals surface area (Å²) in [5.41, 5.74) is -0.185. The van der Waals surface area contributed by atoms with Gasteiger partial charge < -0.3 is 9.84 Å². The van der Waals surface area contributed by atoms with Gasteiger partial charge in [-0.2, -0.15) is 0 Å². The Hall–Kier alpha value is -1.64. The molecule has 0 saturated carbocycles. The average Bonchev–Trinajstić information content (AvgIpc) is 2.72. The second-order valence-corrected chi connectivity index (χ2v) is 4.67. The predicted octanol–water partition coefficient (Wildman–Crippen LogP) is 2.39. The lowest BCUT2D eigenvalue weighted by atomic mass is 10.3. The Morgan fingerprint density at radius 1 is 1.56 bits per heavy atom. The van der Waals surface area contributed by atoms with E-state index in [1.165, 1.54) is 4.68 Å². The van der Waals surface area contributed by atoms with Gasteiger partial charge in [-0.05, 0) is 47.7 Å². The molecule has 7 heteroatoms. The van der Waals surface area contributed by atoms with E-state index < -0.39 is 5.97 Å². The van der Waals surface area contributed by atoms with Crippen LogP contribution in [0.15, 0.2) is 24.3 Å². The Balaban J connectivity index is 2.38. The van der Waals surface area contributed by atoms with Crippen LogP contribution in [0.3, 0.4) is 0 Å². The number of hydrogen-bond acceptors (Lipinski definition) is 4. The zero-order valence-corrected chi connectivity index (χ0v) is 11.7. The fourth-order valence-electron chi connectivity index (χ4n) is 1.39. The van der Waals surface area contributed by atoms with Crippen LogP contribution in [0.1, 0.15) is 17.4 Å². The highest BCUT2D eigenvalue weighted by Crippen LogP contribution is 2.25. The highest BCUT2D eigenvalue weighted by Gasteiger charge is 2.20. The van der Waals surface area contributed by atoms with Crippen molar-refractivity contribution in [2.45, 2.75) is 13.5 Å². The summed E-state index contributed by atoms with van der Waals surface area (Å²) in [6, 6.07) is 7.30. The number of hydrogen-bond donors (Lipinski definition) is 1. The fraction of sp³-hybridized carbons (Fsp3) is 0.182. The van der Waals surface area contributed by atoms with Crippen LogP contribution in [-0.4, -0.2) is 26.1 Å². The van der Waals surface area contributed by atoms with Gasteiger partial charge in [-0.1, -0.05) is 11.3 Å². The number of aromatic carboxylic acids is 1. The molecule has 6 nitrogen and oxygen atoms in total. The van der Waals surface area contributed by atoms with Gasteiger partial charge in [-0.3, -0.25) is 0 Å². The van der Waals surface area contributed by atoms with E-state index >= 15 is 0 Å². The normalized spacial score (nSPS) is 10.3. The van der Waals surface area contributed by atoms with Gasteiger partial charge in [0.05, 0.1) is 0 Å². The minimum Gasteiger partial charge on any atom is -0.476 e. The Kier molecular flexibility index (Phi) is 3.80. The van der Waals surface area contributed by atoms with Crippen LogP contribution in [-0.2, 0) is 6.54 Å². The Bertz CT molecular complexity index is 583. The summed E-state index contributed by atoms with van der Waals surface area (Å²) in [6.45, 7) is 2.32. The third kappa shape index (κ3) is 2.61. The van der Waals surface area contributed by atoms with Crippen LogP contribution in [0, 0.1) is 3.57 Å². The molecule has 0 bridgehead atoms. The highest BCUT2D eigenvalue weighted by molar-refractivity contribution is 14.1. The molecule has 1 aromatic heterocycles. The lowest BCUT2D eigenvalue weighted by molar-refractivity contribution is 0.0687. The molecule has 0 atom stereocenters. The van der Waals surface area contributed by atoms with Crippen molar-refractivity contribution in [3.8, 4) is 11.6 Å². The summed E-state index contributed by atoms with van der Waals surface area (Å²) in [7, 11) is 0. The standard InChI is InChI=1S/C11H10IN3O3/c1-2-15-10(9(11(16)17)13-14-15)18-8-5-3-4-7(12)6-8/h3-6H,2H2,1H3,(H,16,17). The first-order chi connectivity index (χ1) is 8.61. The molecule has 1 heterocycles. The molecule has 0 aliphatic carbocycles. The van der Waals surface area contributed by atoms with E-state index in [4.69, 9.17) is 9.84 Å². The summed E-state index contributed by atoms with van der Waals surface area (Å²) in [5.74, 6) is -0.455. The van der Waals surface area contributed by atoms with Crippen molar-refractivity contribution < 1.29 is 14.6 Å². The summed E-state index contributed by atoms with van der Waals surface area (Å²) in [5, 5.41) is 16.3. The van der Waals surface area contributed by atoms with Gasteiger partial charge in [0.2, 0.25) is 5.69 Å². The fourth-order valence-corrected chi connectivity index (χ4v) is 1.90. The number of benzene rings is 1. The Morgan fingerprint density at radius 3 is 2.94 bits per heavy atom. The third-order valence-electron chi connectivity index (χ3n) is 2.20. The van der Waals surface area contributed by atoms with Crippen LogP contribution in [0.2, 0.25) is 0 Å². The van der Waals surface area contributed by atoms with Crippen LogP contribution in [0.5, 0.6) is 11.6 Å². The summed E-state index contributed by atoms with van der Waals surface area (Å²) in [6.07, 6.45) is 0. The van der Waals surface area contributed by atoms with Gasteiger partial charge in [0.25, 0.3) is 5.88 Å². The number of ether oxygens (including phenoxy) is 1. The molecule has 0 fully saturated rings.